The van der Waals surface area contributed by atoms with Crippen molar-refractivity contribution in [3.8, 4) is 5.88 Å². The minimum Gasteiger partial charge on any atom is -0.473 e. The molecule has 1 aliphatic rings. The molecule has 2 rings (SSSR count). The van der Waals surface area contributed by atoms with Crippen LogP contribution >= 0.6 is 0 Å². The zero-order valence-corrected chi connectivity index (χ0v) is 10.4. The van der Waals surface area contributed by atoms with Crippen LogP contribution in [0.2, 0.25) is 0 Å². The van der Waals surface area contributed by atoms with Crippen molar-refractivity contribution < 1.29 is 4.74 Å². The second-order valence-corrected chi connectivity index (χ2v) is 4.47. The number of nitrogen functional groups attached to an aromatic ring is 1. The molecule has 0 atom stereocenters. The lowest BCUT2D eigenvalue weighted by molar-refractivity contribution is 0.234. The molecule has 0 bridgehead atoms. The molecular weight excluding hydrogens is 216 g/mol. The third-order valence-electron chi connectivity index (χ3n) is 2.66. The summed E-state index contributed by atoms with van der Waals surface area (Å²) < 4.78 is 5.60. The zero-order valence-electron chi connectivity index (χ0n) is 10.4. The summed E-state index contributed by atoms with van der Waals surface area (Å²) in [6, 6.07) is 3.82. The van der Waals surface area contributed by atoms with Crippen molar-refractivity contribution >= 4 is 11.5 Å². The van der Waals surface area contributed by atoms with Gasteiger partial charge in [0.25, 0.3) is 0 Å². The van der Waals surface area contributed by atoms with Crippen LogP contribution in [0.4, 0.5) is 11.5 Å². The van der Waals surface area contributed by atoms with Gasteiger partial charge in [-0.2, -0.15) is 4.98 Å². The monoisotopic (exact) mass is 236 g/mol. The maximum absolute atomic E-state index is 5.85. The van der Waals surface area contributed by atoms with Crippen molar-refractivity contribution in [3.63, 3.8) is 0 Å². The fraction of sp³-hybridized carbons (Fsp3) is 0.583. The van der Waals surface area contributed by atoms with Gasteiger partial charge in [0.1, 0.15) is 5.82 Å². The number of rotatable bonds is 3. The van der Waals surface area contributed by atoms with E-state index in [4.69, 9.17) is 10.5 Å². The average molecular weight is 236 g/mol. The maximum Gasteiger partial charge on any atom is 0.239 e. The van der Waals surface area contributed by atoms with Gasteiger partial charge in [-0.3, -0.25) is 0 Å². The summed E-state index contributed by atoms with van der Waals surface area (Å²) in [5, 5.41) is 3.32. The molecule has 0 amide bonds. The summed E-state index contributed by atoms with van der Waals surface area (Å²) in [7, 11) is 0. The third-order valence-corrected chi connectivity index (χ3v) is 2.66. The number of hydrogen-bond acceptors (Lipinski definition) is 5. The topological polar surface area (TPSA) is 63.4 Å². The van der Waals surface area contributed by atoms with Crippen molar-refractivity contribution in [1.29, 1.82) is 0 Å². The zero-order chi connectivity index (χ0) is 12.3. The Labute approximate surface area is 102 Å². The quantitative estimate of drug-likeness (QED) is 0.815. The standard InChI is InChI=1S/C12H20N4O/c1-9(2)17-12-10(13)3-4-11(15-12)16-7-5-14-6-8-16/h3-4,9,14H,5-8,13H2,1-2H3. The molecule has 3 N–H and O–H groups in total. The first-order chi connectivity index (χ1) is 8.16. The Morgan fingerprint density at radius 3 is 2.71 bits per heavy atom. The molecule has 0 saturated carbocycles. The Kier molecular flexibility index (Phi) is 3.68. The number of nitrogens with one attached hydrogen (secondary N) is 1. The van der Waals surface area contributed by atoms with Crippen LogP contribution in [0.3, 0.4) is 0 Å². The number of nitrogens with two attached hydrogens (primary N) is 1. The van der Waals surface area contributed by atoms with Crippen LogP contribution in [0.25, 0.3) is 0 Å². The molecule has 1 aliphatic heterocycles. The van der Waals surface area contributed by atoms with E-state index in [1.165, 1.54) is 0 Å². The Bertz CT molecular complexity index is 375. The molecule has 0 aliphatic carbocycles. The molecule has 5 heteroatoms. The lowest BCUT2D eigenvalue weighted by Gasteiger charge is -2.28. The van der Waals surface area contributed by atoms with Gasteiger partial charge < -0.3 is 20.7 Å². The van der Waals surface area contributed by atoms with E-state index >= 15 is 0 Å². The summed E-state index contributed by atoms with van der Waals surface area (Å²) >= 11 is 0. The highest BCUT2D eigenvalue weighted by Crippen LogP contribution is 2.24. The number of ether oxygens (including phenoxy) is 1. The van der Waals surface area contributed by atoms with Crippen molar-refractivity contribution in [2.24, 2.45) is 0 Å². The van der Waals surface area contributed by atoms with E-state index in [0.29, 0.717) is 11.6 Å². The summed E-state index contributed by atoms with van der Waals surface area (Å²) in [4.78, 5) is 6.73. The van der Waals surface area contributed by atoms with Crippen LogP contribution in [0, 0.1) is 0 Å². The number of anilines is 2. The van der Waals surface area contributed by atoms with E-state index in [2.05, 4.69) is 15.2 Å². The van der Waals surface area contributed by atoms with E-state index in [0.717, 1.165) is 32.0 Å². The smallest absolute Gasteiger partial charge is 0.239 e. The number of hydrogen-bond donors (Lipinski definition) is 2. The van der Waals surface area contributed by atoms with Crippen LogP contribution in [0.15, 0.2) is 12.1 Å². The Morgan fingerprint density at radius 1 is 1.35 bits per heavy atom. The Hall–Kier alpha value is -1.49. The lowest BCUT2D eigenvalue weighted by atomic mass is 10.3. The summed E-state index contributed by atoms with van der Waals surface area (Å²) in [5.74, 6) is 1.48. The van der Waals surface area contributed by atoms with Crippen LogP contribution in [0.1, 0.15) is 13.8 Å². The molecule has 1 aromatic rings. The van der Waals surface area contributed by atoms with Gasteiger partial charge in [-0.25, -0.2) is 0 Å². The SMILES string of the molecule is CC(C)Oc1nc(N2CCNCC2)ccc1N. The second-order valence-electron chi connectivity index (χ2n) is 4.47. The minimum absolute atomic E-state index is 0.0862. The molecule has 0 spiro atoms. The molecule has 2 heterocycles. The number of nitrogens with zero attached hydrogens (tertiary/aromatic N) is 2. The molecule has 0 radical (unpaired) electrons. The van der Waals surface area contributed by atoms with Crippen molar-refractivity contribution in [2.75, 3.05) is 36.8 Å². The highest BCUT2D eigenvalue weighted by atomic mass is 16.5. The summed E-state index contributed by atoms with van der Waals surface area (Å²) in [6.07, 6.45) is 0.0862. The summed E-state index contributed by atoms with van der Waals surface area (Å²) in [6.45, 7) is 7.87. The maximum atomic E-state index is 5.85. The van der Waals surface area contributed by atoms with Crippen molar-refractivity contribution in [2.45, 2.75) is 20.0 Å². The largest absolute Gasteiger partial charge is 0.473 e. The van der Waals surface area contributed by atoms with Crippen molar-refractivity contribution in [3.05, 3.63) is 12.1 Å². The molecule has 94 valence electrons. The van der Waals surface area contributed by atoms with Gasteiger partial charge in [-0.05, 0) is 26.0 Å². The number of pyridine rings is 1. The molecule has 1 fully saturated rings. The van der Waals surface area contributed by atoms with E-state index in [9.17, 15) is 0 Å². The Morgan fingerprint density at radius 2 is 2.06 bits per heavy atom. The molecule has 1 saturated heterocycles. The minimum atomic E-state index is 0.0862. The van der Waals surface area contributed by atoms with Crippen LogP contribution in [0.5, 0.6) is 5.88 Å². The number of aromatic nitrogens is 1. The molecule has 1 aromatic heterocycles. The highest BCUT2D eigenvalue weighted by molar-refractivity contribution is 5.54. The van der Waals surface area contributed by atoms with Gasteiger partial charge in [0.2, 0.25) is 5.88 Å². The fourth-order valence-corrected chi connectivity index (χ4v) is 1.83. The highest BCUT2D eigenvalue weighted by Gasteiger charge is 2.14. The first-order valence-electron chi connectivity index (χ1n) is 6.05. The van der Waals surface area contributed by atoms with Crippen LogP contribution in [-0.2, 0) is 0 Å². The van der Waals surface area contributed by atoms with E-state index in [1.54, 1.807) is 0 Å². The lowest BCUT2D eigenvalue weighted by Crippen LogP contribution is -2.43. The first kappa shape index (κ1) is 12.0. The van der Waals surface area contributed by atoms with E-state index < -0.39 is 0 Å². The van der Waals surface area contributed by atoms with Crippen molar-refractivity contribution in [1.82, 2.24) is 10.3 Å². The molecule has 0 aromatic carbocycles. The van der Waals surface area contributed by atoms with E-state index in [-0.39, 0.29) is 6.10 Å². The van der Waals surface area contributed by atoms with Gasteiger partial charge in [0.15, 0.2) is 0 Å². The number of piperazine rings is 1. The third kappa shape index (κ3) is 3.00. The first-order valence-corrected chi connectivity index (χ1v) is 6.05. The molecule has 17 heavy (non-hydrogen) atoms. The van der Waals surface area contributed by atoms with Gasteiger partial charge in [-0.1, -0.05) is 0 Å². The normalized spacial score (nSPS) is 16.3. The van der Waals surface area contributed by atoms with Gasteiger partial charge in [0.05, 0.1) is 11.8 Å². The second kappa shape index (κ2) is 5.23. The predicted octanol–water partition coefficient (Wildman–Crippen LogP) is 0.861. The van der Waals surface area contributed by atoms with Gasteiger partial charge in [-0.15, -0.1) is 0 Å². The predicted molar refractivity (Wildman–Crippen MR) is 69.5 cm³/mol. The van der Waals surface area contributed by atoms with Crippen LogP contribution < -0.4 is 20.7 Å². The molecule has 5 nitrogen and oxygen atoms in total. The average Bonchev–Trinajstić information content (AvgIpc) is 2.32. The molecular formula is C12H20N4O. The van der Waals surface area contributed by atoms with Gasteiger partial charge in [0, 0.05) is 26.2 Å². The Balaban J connectivity index is 2.17. The van der Waals surface area contributed by atoms with Crippen LogP contribution in [-0.4, -0.2) is 37.3 Å². The molecule has 0 unspecified atom stereocenters. The summed E-state index contributed by atoms with van der Waals surface area (Å²) in [5.41, 5.74) is 6.44. The fourth-order valence-electron chi connectivity index (χ4n) is 1.83. The van der Waals surface area contributed by atoms with Gasteiger partial charge >= 0.3 is 0 Å². The van der Waals surface area contributed by atoms with E-state index in [1.807, 2.05) is 26.0 Å².